The first kappa shape index (κ1) is 21.7. The number of nitriles is 1. The molecular weight excluding hydrogens is 432 g/mol. The number of benzene rings is 1. The zero-order valence-corrected chi connectivity index (χ0v) is 18.3. The zero-order chi connectivity index (χ0) is 22.8. The highest BCUT2D eigenvalue weighted by atomic mass is 35.5. The Bertz CT molecular complexity index is 1240. The van der Waals surface area contributed by atoms with Crippen LogP contribution in [0.15, 0.2) is 24.3 Å². The predicted octanol–water partition coefficient (Wildman–Crippen LogP) is 3.79. The van der Waals surface area contributed by atoms with Crippen molar-refractivity contribution in [3.63, 3.8) is 0 Å². The van der Waals surface area contributed by atoms with Crippen LogP contribution >= 0.6 is 11.6 Å². The van der Waals surface area contributed by atoms with Gasteiger partial charge in [-0.25, -0.2) is 19.7 Å². The molecule has 1 aliphatic rings. The highest BCUT2D eigenvalue weighted by Gasteiger charge is 2.21. The molecule has 0 bridgehead atoms. The molecule has 0 amide bonds. The van der Waals surface area contributed by atoms with Gasteiger partial charge in [-0.1, -0.05) is 17.7 Å². The molecule has 10 heteroatoms. The van der Waals surface area contributed by atoms with Gasteiger partial charge in [-0.2, -0.15) is 5.26 Å². The normalized spacial score (nSPS) is 14.4. The van der Waals surface area contributed by atoms with Crippen molar-refractivity contribution in [3.05, 3.63) is 51.9 Å². The number of aromatic nitrogens is 3. The van der Waals surface area contributed by atoms with Crippen molar-refractivity contribution in [1.82, 2.24) is 15.0 Å². The van der Waals surface area contributed by atoms with E-state index in [-0.39, 0.29) is 22.6 Å². The summed E-state index contributed by atoms with van der Waals surface area (Å²) in [7, 11) is 0. The smallest absolute Gasteiger partial charge is 0.356 e. The lowest BCUT2D eigenvalue weighted by molar-refractivity contribution is -0.0248. The third-order valence-electron chi connectivity index (χ3n) is 5.22. The number of hydrogen-bond acceptors (Lipinski definition) is 8. The number of nitrogens with one attached hydrogen (secondary N) is 2. The number of anilines is 2. The van der Waals surface area contributed by atoms with Gasteiger partial charge in [-0.05, 0) is 37.6 Å². The van der Waals surface area contributed by atoms with Crippen LogP contribution in [0.25, 0.3) is 11.0 Å². The van der Waals surface area contributed by atoms with E-state index in [1.54, 1.807) is 6.07 Å². The summed E-state index contributed by atoms with van der Waals surface area (Å²) in [6.45, 7) is 5.83. The van der Waals surface area contributed by atoms with Gasteiger partial charge in [0.05, 0.1) is 36.0 Å². The second-order valence-corrected chi connectivity index (χ2v) is 8.13. The van der Waals surface area contributed by atoms with E-state index in [4.69, 9.17) is 21.3 Å². The van der Waals surface area contributed by atoms with E-state index in [0.29, 0.717) is 48.2 Å². The number of fused-ring (bicyclic) bond motifs is 1. The van der Waals surface area contributed by atoms with Crippen LogP contribution in [0.3, 0.4) is 0 Å². The van der Waals surface area contributed by atoms with E-state index in [2.05, 4.69) is 26.7 Å². The topological polar surface area (TPSA) is 133 Å². The van der Waals surface area contributed by atoms with Crippen LogP contribution in [-0.2, 0) is 4.74 Å². The molecule has 4 rings (SSSR count). The number of carbonyl (C=O) groups is 1. The van der Waals surface area contributed by atoms with Crippen molar-refractivity contribution in [3.8, 4) is 6.07 Å². The maximum absolute atomic E-state index is 11.6. The Balaban J connectivity index is 1.72. The average Bonchev–Trinajstić information content (AvgIpc) is 2.72. The van der Waals surface area contributed by atoms with E-state index in [1.807, 2.05) is 26.0 Å². The summed E-state index contributed by atoms with van der Waals surface area (Å²) in [5.41, 5.74) is 3.39. The fourth-order valence-corrected chi connectivity index (χ4v) is 3.68. The summed E-state index contributed by atoms with van der Waals surface area (Å²) in [5, 5.41) is 25.6. The first-order valence-corrected chi connectivity index (χ1v) is 10.4. The summed E-state index contributed by atoms with van der Waals surface area (Å²) < 4.78 is 5.20. The van der Waals surface area contributed by atoms with E-state index in [1.165, 1.54) is 6.07 Å². The number of aromatic carboxylic acids is 1. The molecule has 0 radical (unpaired) electrons. The second kappa shape index (κ2) is 8.94. The Morgan fingerprint density at radius 2 is 2.12 bits per heavy atom. The lowest BCUT2D eigenvalue weighted by Gasteiger charge is -2.26. The Labute approximate surface area is 189 Å². The molecule has 32 heavy (non-hydrogen) atoms. The minimum Gasteiger partial charge on any atom is -0.476 e. The average molecular weight is 453 g/mol. The molecule has 0 unspecified atom stereocenters. The van der Waals surface area contributed by atoms with Gasteiger partial charge in [0.1, 0.15) is 11.2 Å². The van der Waals surface area contributed by atoms with E-state index in [9.17, 15) is 15.2 Å². The monoisotopic (exact) mass is 452 g/mol. The van der Waals surface area contributed by atoms with E-state index >= 15 is 0 Å². The van der Waals surface area contributed by atoms with Gasteiger partial charge in [-0.15, -0.1) is 0 Å². The predicted molar refractivity (Wildman–Crippen MR) is 120 cm³/mol. The van der Waals surface area contributed by atoms with Crippen LogP contribution in [0.1, 0.15) is 40.3 Å². The standard InChI is InChI=1S/C22H21ClN6O3/c1-11-5-14(12(2)26-15-3-4-18(23)28-20(15)22(30)31)19-16(6-11)27-17(7-24)21(29-19)25-8-13-9-32-10-13/h3-6,12-13,26H,8-10H2,1-2H3,(H,25,29)(H,30,31)/t12-/m1/s1. The van der Waals surface area contributed by atoms with Gasteiger partial charge in [0.2, 0.25) is 0 Å². The molecule has 0 aliphatic carbocycles. The van der Waals surface area contributed by atoms with Crippen LogP contribution in [0.4, 0.5) is 11.5 Å². The summed E-state index contributed by atoms with van der Waals surface area (Å²) in [6.07, 6.45) is 0. The number of aryl methyl sites for hydroxylation is 1. The first-order chi connectivity index (χ1) is 15.4. The molecular formula is C22H21ClN6O3. The van der Waals surface area contributed by atoms with E-state index in [0.717, 1.165) is 11.1 Å². The number of hydrogen-bond donors (Lipinski definition) is 3. The number of pyridine rings is 1. The SMILES string of the molecule is Cc1cc([C@@H](C)Nc2ccc(Cl)nc2C(=O)O)c2nc(NCC3COC3)c(C#N)nc2c1. The molecule has 0 saturated carbocycles. The van der Waals surface area contributed by atoms with Crippen molar-refractivity contribution in [2.75, 3.05) is 30.4 Å². The summed E-state index contributed by atoms with van der Waals surface area (Å²) in [4.78, 5) is 24.7. The minimum absolute atomic E-state index is 0.101. The highest BCUT2D eigenvalue weighted by Crippen LogP contribution is 2.30. The molecule has 3 N–H and O–H groups in total. The third-order valence-corrected chi connectivity index (χ3v) is 5.43. The van der Waals surface area contributed by atoms with Gasteiger partial charge >= 0.3 is 5.97 Å². The second-order valence-electron chi connectivity index (χ2n) is 7.74. The summed E-state index contributed by atoms with van der Waals surface area (Å²) in [6, 6.07) is 8.74. The Kier molecular flexibility index (Phi) is 6.08. The molecule has 9 nitrogen and oxygen atoms in total. The molecule has 1 saturated heterocycles. The van der Waals surface area contributed by atoms with Gasteiger partial charge < -0.3 is 20.5 Å². The quantitative estimate of drug-likeness (QED) is 0.457. The lowest BCUT2D eigenvalue weighted by Crippen LogP contribution is -2.33. The van der Waals surface area contributed by atoms with Crippen molar-refractivity contribution in [1.29, 1.82) is 5.26 Å². The molecule has 1 atom stereocenters. The Morgan fingerprint density at radius 3 is 2.78 bits per heavy atom. The van der Waals surface area contributed by atoms with Gasteiger partial charge in [0.15, 0.2) is 17.2 Å². The van der Waals surface area contributed by atoms with Gasteiger partial charge in [0, 0.05) is 18.0 Å². The van der Waals surface area contributed by atoms with Crippen molar-refractivity contribution < 1.29 is 14.6 Å². The minimum atomic E-state index is -1.18. The first-order valence-electron chi connectivity index (χ1n) is 10.1. The molecule has 164 valence electrons. The number of halogens is 1. The number of rotatable bonds is 7. The number of nitrogens with zero attached hydrogens (tertiary/aromatic N) is 4. The Hall–Kier alpha value is -3.48. The van der Waals surface area contributed by atoms with Gasteiger partial charge in [-0.3, -0.25) is 0 Å². The maximum Gasteiger partial charge on any atom is 0.356 e. The molecule has 3 heterocycles. The fourth-order valence-electron chi connectivity index (χ4n) is 3.53. The lowest BCUT2D eigenvalue weighted by atomic mass is 10.0. The van der Waals surface area contributed by atoms with Crippen molar-refractivity contribution in [2.24, 2.45) is 5.92 Å². The van der Waals surface area contributed by atoms with Crippen LogP contribution in [-0.4, -0.2) is 45.8 Å². The van der Waals surface area contributed by atoms with Crippen LogP contribution in [0.5, 0.6) is 0 Å². The number of carboxylic acids is 1. The third kappa shape index (κ3) is 4.42. The molecule has 2 aromatic heterocycles. The summed E-state index contributed by atoms with van der Waals surface area (Å²) in [5.74, 6) is -0.381. The van der Waals surface area contributed by atoms with Crippen molar-refractivity contribution >= 4 is 40.1 Å². The van der Waals surface area contributed by atoms with Gasteiger partial charge in [0.25, 0.3) is 0 Å². The molecule has 1 aliphatic heterocycles. The maximum atomic E-state index is 11.6. The molecule has 1 aromatic carbocycles. The fraction of sp³-hybridized carbons (Fsp3) is 0.318. The van der Waals surface area contributed by atoms with Crippen molar-refractivity contribution in [2.45, 2.75) is 19.9 Å². The number of carboxylic acid groups (broad SMARTS) is 1. The zero-order valence-electron chi connectivity index (χ0n) is 17.5. The largest absolute Gasteiger partial charge is 0.476 e. The molecule has 3 aromatic rings. The molecule has 1 fully saturated rings. The van der Waals surface area contributed by atoms with E-state index < -0.39 is 5.97 Å². The summed E-state index contributed by atoms with van der Waals surface area (Å²) >= 11 is 5.86. The highest BCUT2D eigenvalue weighted by molar-refractivity contribution is 6.29. The van der Waals surface area contributed by atoms with Crippen LogP contribution in [0.2, 0.25) is 5.15 Å². The van der Waals surface area contributed by atoms with Crippen LogP contribution < -0.4 is 10.6 Å². The number of ether oxygens (including phenoxy) is 1. The van der Waals surface area contributed by atoms with Crippen LogP contribution in [0, 0.1) is 24.2 Å². The molecule has 0 spiro atoms. The Morgan fingerprint density at radius 1 is 1.34 bits per heavy atom.